The number of benzene rings is 1. The Bertz CT molecular complexity index is 959. The lowest BCUT2D eigenvalue weighted by Gasteiger charge is -2.10. The van der Waals surface area contributed by atoms with Crippen molar-refractivity contribution in [3.63, 3.8) is 0 Å². The molecule has 2 aromatic heterocycles. The fourth-order valence-electron chi connectivity index (χ4n) is 2.76. The van der Waals surface area contributed by atoms with Gasteiger partial charge in [-0.05, 0) is 43.0 Å². The number of fused-ring (bicyclic) bond motifs is 1. The standard InChI is InChI=1S/C19H20N2O3S2/c1-4-13-9-15-17(26-13)10-16(19(23)24-2)21(15)11-18(22)20-12-6-5-7-14(8-12)25-3/h5-10H,4,11H2,1-3H3,(H,20,22). The average Bonchev–Trinajstić information content (AvgIpc) is 3.20. The van der Waals surface area contributed by atoms with Crippen LogP contribution in [0.5, 0.6) is 0 Å². The molecule has 0 fully saturated rings. The summed E-state index contributed by atoms with van der Waals surface area (Å²) in [5.74, 6) is -0.626. The van der Waals surface area contributed by atoms with Gasteiger partial charge in [-0.25, -0.2) is 4.79 Å². The molecular weight excluding hydrogens is 368 g/mol. The minimum absolute atomic E-state index is 0.0529. The van der Waals surface area contributed by atoms with Gasteiger partial charge in [-0.2, -0.15) is 0 Å². The minimum Gasteiger partial charge on any atom is -0.464 e. The number of esters is 1. The van der Waals surface area contributed by atoms with E-state index in [-0.39, 0.29) is 12.5 Å². The lowest BCUT2D eigenvalue weighted by molar-refractivity contribution is -0.116. The first-order valence-corrected chi connectivity index (χ1v) is 10.2. The highest BCUT2D eigenvalue weighted by Crippen LogP contribution is 2.30. The Morgan fingerprint density at radius 1 is 1.27 bits per heavy atom. The van der Waals surface area contributed by atoms with Gasteiger partial charge in [-0.3, -0.25) is 4.79 Å². The summed E-state index contributed by atoms with van der Waals surface area (Å²) < 4.78 is 7.59. The van der Waals surface area contributed by atoms with Gasteiger partial charge in [0.05, 0.1) is 17.3 Å². The van der Waals surface area contributed by atoms with E-state index in [0.717, 1.165) is 27.2 Å². The molecule has 0 spiro atoms. The van der Waals surface area contributed by atoms with Gasteiger partial charge in [-0.1, -0.05) is 13.0 Å². The molecule has 0 radical (unpaired) electrons. The molecule has 0 unspecified atom stereocenters. The summed E-state index contributed by atoms with van der Waals surface area (Å²) in [6.45, 7) is 2.14. The summed E-state index contributed by atoms with van der Waals surface area (Å²) in [5.41, 5.74) is 2.02. The third-order valence-electron chi connectivity index (χ3n) is 4.04. The second-order valence-corrected chi connectivity index (χ2v) is 7.75. The highest BCUT2D eigenvalue weighted by molar-refractivity contribution is 7.98. The van der Waals surface area contributed by atoms with E-state index in [1.54, 1.807) is 33.7 Å². The maximum atomic E-state index is 12.6. The van der Waals surface area contributed by atoms with Crippen molar-refractivity contribution >= 4 is 50.9 Å². The van der Waals surface area contributed by atoms with E-state index in [0.29, 0.717) is 5.69 Å². The first kappa shape index (κ1) is 18.5. The first-order valence-electron chi connectivity index (χ1n) is 8.19. The van der Waals surface area contributed by atoms with Crippen LogP contribution in [0, 0.1) is 0 Å². The van der Waals surface area contributed by atoms with Crippen LogP contribution in [0.15, 0.2) is 41.3 Å². The van der Waals surface area contributed by atoms with Gasteiger partial charge in [0.2, 0.25) is 5.91 Å². The van der Waals surface area contributed by atoms with Crippen LogP contribution in [0.4, 0.5) is 5.69 Å². The number of carbonyl (C=O) groups excluding carboxylic acids is 2. The number of nitrogens with one attached hydrogen (secondary N) is 1. The average molecular weight is 389 g/mol. The van der Waals surface area contributed by atoms with Gasteiger partial charge in [0, 0.05) is 15.5 Å². The number of aromatic nitrogens is 1. The third kappa shape index (κ3) is 3.78. The molecule has 0 aliphatic rings. The summed E-state index contributed by atoms with van der Waals surface area (Å²) in [5, 5.41) is 2.90. The molecule has 3 aromatic rings. The van der Waals surface area contributed by atoms with Crippen molar-refractivity contribution in [3.05, 3.63) is 47.0 Å². The topological polar surface area (TPSA) is 60.3 Å². The lowest BCUT2D eigenvalue weighted by Crippen LogP contribution is -2.21. The van der Waals surface area contributed by atoms with E-state index in [1.807, 2.05) is 36.6 Å². The van der Waals surface area contributed by atoms with Gasteiger partial charge in [0.15, 0.2) is 0 Å². The predicted octanol–water partition coefficient (Wildman–Crippen LogP) is 4.41. The number of amides is 1. The molecule has 2 heterocycles. The van der Waals surface area contributed by atoms with E-state index < -0.39 is 5.97 Å². The minimum atomic E-state index is -0.441. The number of nitrogens with zero attached hydrogens (tertiary/aromatic N) is 1. The molecule has 0 bridgehead atoms. The number of aryl methyl sites for hydroxylation is 1. The number of thioether (sulfide) groups is 1. The Labute approximate surface area is 160 Å². The Morgan fingerprint density at radius 3 is 2.77 bits per heavy atom. The number of carbonyl (C=O) groups is 2. The molecule has 0 atom stereocenters. The van der Waals surface area contributed by atoms with Crippen LogP contribution in [0.2, 0.25) is 0 Å². The summed E-state index contributed by atoms with van der Waals surface area (Å²) in [7, 11) is 1.35. The molecule has 0 saturated heterocycles. The molecule has 1 aromatic carbocycles. The molecule has 0 saturated carbocycles. The number of ether oxygens (including phenoxy) is 1. The SMILES string of the molecule is CCc1cc2c(cc(C(=O)OC)n2CC(=O)Nc2cccc(SC)c2)s1. The second-order valence-electron chi connectivity index (χ2n) is 5.70. The van der Waals surface area contributed by atoms with E-state index in [2.05, 4.69) is 12.2 Å². The second kappa shape index (κ2) is 7.97. The fraction of sp³-hybridized carbons (Fsp3) is 0.263. The van der Waals surface area contributed by atoms with Crippen LogP contribution in [0.25, 0.3) is 10.2 Å². The molecule has 7 heteroatoms. The van der Waals surface area contributed by atoms with E-state index in [9.17, 15) is 9.59 Å². The molecular formula is C19H20N2O3S2. The smallest absolute Gasteiger partial charge is 0.354 e. The first-order chi connectivity index (χ1) is 12.5. The quantitative estimate of drug-likeness (QED) is 0.502. The van der Waals surface area contributed by atoms with Crippen LogP contribution in [0.1, 0.15) is 22.3 Å². The van der Waals surface area contributed by atoms with Gasteiger partial charge in [0.25, 0.3) is 0 Å². The van der Waals surface area contributed by atoms with Crippen molar-refractivity contribution in [2.24, 2.45) is 0 Å². The zero-order chi connectivity index (χ0) is 18.7. The normalized spacial score (nSPS) is 10.9. The molecule has 3 rings (SSSR count). The fourth-order valence-corrected chi connectivity index (χ4v) is 4.26. The van der Waals surface area contributed by atoms with Crippen molar-refractivity contribution < 1.29 is 14.3 Å². The number of rotatable bonds is 6. The number of methoxy groups -OCH3 is 1. The number of hydrogen-bond acceptors (Lipinski definition) is 5. The van der Waals surface area contributed by atoms with Gasteiger partial charge in [-0.15, -0.1) is 23.1 Å². The Balaban J connectivity index is 1.89. The Hall–Kier alpha value is -2.25. The van der Waals surface area contributed by atoms with Gasteiger partial charge < -0.3 is 14.6 Å². The molecule has 136 valence electrons. The Kier molecular flexibility index (Phi) is 5.68. The van der Waals surface area contributed by atoms with Crippen LogP contribution in [-0.4, -0.2) is 29.8 Å². The van der Waals surface area contributed by atoms with Crippen molar-refractivity contribution in [3.8, 4) is 0 Å². The third-order valence-corrected chi connectivity index (χ3v) is 5.98. The molecule has 1 N–H and O–H groups in total. The van der Waals surface area contributed by atoms with Gasteiger partial charge >= 0.3 is 5.97 Å². The zero-order valence-corrected chi connectivity index (χ0v) is 16.5. The maximum absolute atomic E-state index is 12.6. The molecule has 26 heavy (non-hydrogen) atoms. The molecule has 1 amide bonds. The van der Waals surface area contributed by atoms with Crippen LogP contribution >= 0.6 is 23.1 Å². The van der Waals surface area contributed by atoms with Crippen LogP contribution in [-0.2, 0) is 22.5 Å². The van der Waals surface area contributed by atoms with Crippen molar-refractivity contribution in [1.29, 1.82) is 0 Å². The summed E-state index contributed by atoms with van der Waals surface area (Å²) >= 11 is 3.25. The number of hydrogen-bond donors (Lipinski definition) is 1. The van der Waals surface area contributed by atoms with E-state index in [4.69, 9.17) is 4.74 Å². The van der Waals surface area contributed by atoms with E-state index >= 15 is 0 Å². The predicted molar refractivity (Wildman–Crippen MR) is 107 cm³/mol. The largest absolute Gasteiger partial charge is 0.464 e. The van der Waals surface area contributed by atoms with E-state index in [1.165, 1.54) is 12.0 Å². The summed E-state index contributed by atoms with van der Waals surface area (Å²) in [6, 6.07) is 11.5. The molecule has 0 aliphatic carbocycles. The molecule has 5 nitrogen and oxygen atoms in total. The molecule has 0 aliphatic heterocycles. The summed E-state index contributed by atoms with van der Waals surface area (Å²) in [6.07, 6.45) is 2.91. The zero-order valence-electron chi connectivity index (χ0n) is 14.9. The highest BCUT2D eigenvalue weighted by atomic mass is 32.2. The maximum Gasteiger partial charge on any atom is 0.354 e. The van der Waals surface area contributed by atoms with Crippen molar-refractivity contribution in [1.82, 2.24) is 4.57 Å². The number of anilines is 1. The monoisotopic (exact) mass is 388 g/mol. The van der Waals surface area contributed by atoms with Crippen molar-refractivity contribution in [2.75, 3.05) is 18.7 Å². The van der Waals surface area contributed by atoms with Crippen LogP contribution in [0.3, 0.4) is 0 Å². The van der Waals surface area contributed by atoms with Crippen molar-refractivity contribution in [2.45, 2.75) is 24.8 Å². The Morgan fingerprint density at radius 2 is 2.08 bits per heavy atom. The number of thiophene rings is 1. The lowest BCUT2D eigenvalue weighted by atomic mass is 10.3. The van der Waals surface area contributed by atoms with Crippen LogP contribution < -0.4 is 5.32 Å². The van der Waals surface area contributed by atoms with Gasteiger partial charge in [0.1, 0.15) is 12.2 Å². The summed E-state index contributed by atoms with van der Waals surface area (Å²) in [4.78, 5) is 27.0. The highest BCUT2D eigenvalue weighted by Gasteiger charge is 2.20.